The number of carbonyl (C=O) groups excluding carboxylic acids is 2. The molecule has 0 aliphatic carbocycles. The van der Waals surface area contributed by atoms with Gasteiger partial charge in [-0.15, -0.1) is 11.8 Å². The van der Waals surface area contributed by atoms with Gasteiger partial charge in [-0.05, 0) is 31.5 Å². The summed E-state index contributed by atoms with van der Waals surface area (Å²) in [6.45, 7) is 4.05. The SMILES string of the molecule is Cc1ccc(C(C)N(C)C(=O)CC2Sc3ccccc3NC2=O)cc1. The fourth-order valence-electron chi connectivity index (χ4n) is 2.81. The molecule has 0 saturated carbocycles. The number of anilines is 1. The number of thioether (sulfide) groups is 1. The maximum absolute atomic E-state index is 12.7. The Kier molecular flexibility index (Phi) is 5.13. The fourth-order valence-corrected chi connectivity index (χ4v) is 3.92. The summed E-state index contributed by atoms with van der Waals surface area (Å²) in [6.07, 6.45) is 0.192. The number of fused-ring (bicyclic) bond motifs is 1. The highest BCUT2D eigenvalue weighted by atomic mass is 32.2. The second kappa shape index (κ2) is 7.31. The van der Waals surface area contributed by atoms with Crippen molar-refractivity contribution in [3.8, 4) is 0 Å². The average molecular weight is 354 g/mol. The van der Waals surface area contributed by atoms with Crippen LogP contribution < -0.4 is 5.32 Å². The Hall–Kier alpha value is -2.27. The minimum atomic E-state index is -0.393. The van der Waals surface area contributed by atoms with Gasteiger partial charge in [-0.1, -0.05) is 42.0 Å². The van der Waals surface area contributed by atoms with Crippen molar-refractivity contribution in [3.05, 3.63) is 59.7 Å². The first-order chi connectivity index (χ1) is 12.0. The molecule has 3 rings (SSSR count). The Morgan fingerprint density at radius 2 is 1.88 bits per heavy atom. The van der Waals surface area contributed by atoms with Gasteiger partial charge in [-0.25, -0.2) is 0 Å². The summed E-state index contributed by atoms with van der Waals surface area (Å²) in [6, 6.07) is 15.8. The van der Waals surface area contributed by atoms with E-state index in [1.807, 2.05) is 62.4 Å². The molecule has 5 heteroatoms. The van der Waals surface area contributed by atoms with E-state index in [9.17, 15) is 9.59 Å². The number of benzene rings is 2. The third-order valence-corrected chi connectivity index (χ3v) is 5.88. The minimum absolute atomic E-state index is 0.0277. The topological polar surface area (TPSA) is 49.4 Å². The van der Waals surface area contributed by atoms with Gasteiger partial charge in [0.2, 0.25) is 11.8 Å². The Morgan fingerprint density at radius 3 is 2.60 bits per heavy atom. The quantitative estimate of drug-likeness (QED) is 0.902. The van der Waals surface area contributed by atoms with Gasteiger partial charge in [0.15, 0.2) is 0 Å². The molecule has 25 heavy (non-hydrogen) atoms. The number of carbonyl (C=O) groups is 2. The number of hydrogen-bond acceptors (Lipinski definition) is 3. The molecule has 2 amide bonds. The third kappa shape index (κ3) is 3.87. The Bertz CT molecular complexity index is 789. The summed E-state index contributed by atoms with van der Waals surface area (Å²) in [5.74, 6) is -0.131. The summed E-state index contributed by atoms with van der Waals surface area (Å²) in [7, 11) is 1.80. The van der Waals surface area contributed by atoms with Crippen LogP contribution in [0.5, 0.6) is 0 Å². The molecule has 1 N–H and O–H groups in total. The zero-order valence-corrected chi connectivity index (χ0v) is 15.5. The smallest absolute Gasteiger partial charge is 0.238 e. The van der Waals surface area contributed by atoms with Crippen LogP contribution in [0.2, 0.25) is 0 Å². The molecule has 2 unspecified atom stereocenters. The van der Waals surface area contributed by atoms with Crippen molar-refractivity contribution in [1.29, 1.82) is 0 Å². The van der Waals surface area contributed by atoms with Crippen molar-refractivity contribution in [2.45, 2.75) is 36.5 Å². The van der Waals surface area contributed by atoms with Gasteiger partial charge in [0.05, 0.1) is 17.0 Å². The highest BCUT2D eigenvalue weighted by molar-refractivity contribution is 8.01. The largest absolute Gasteiger partial charge is 0.339 e. The highest BCUT2D eigenvalue weighted by Crippen LogP contribution is 2.37. The summed E-state index contributed by atoms with van der Waals surface area (Å²) >= 11 is 1.46. The molecule has 0 radical (unpaired) electrons. The molecule has 130 valence electrons. The Labute approximate surface area is 152 Å². The zero-order valence-electron chi connectivity index (χ0n) is 14.7. The van der Waals surface area contributed by atoms with Crippen LogP contribution in [0.1, 0.15) is 30.5 Å². The van der Waals surface area contributed by atoms with Crippen molar-refractivity contribution in [1.82, 2.24) is 4.90 Å². The van der Waals surface area contributed by atoms with Crippen LogP contribution >= 0.6 is 11.8 Å². The molecule has 2 aromatic rings. The number of amides is 2. The minimum Gasteiger partial charge on any atom is -0.339 e. The average Bonchev–Trinajstić information content (AvgIpc) is 2.61. The van der Waals surface area contributed by atoms with E-state index in [1.165, 1.54) is 17.3 Å². The van der Waals surface area contributed by atoms with Crippen LogP contribution in [0.4, 0.5) is 5.69 Å². The molecule has 2 aromatic carbocycles. The van der Waals surface area contributed by atoms with Gasteiger partial charge in [-0.2, -0.15) is 0 Å². The number of nitrogens with zero attached hydrogens (tertiary/aromatic N) is 1. The lowest BCUT2D eigenvalue weighted by molar-refractivity contribution is -0.133. The van der Waals surface area contributed by atoms with E-state index in [0.29, 0.717) is 0 Å². The van der Waals surface area contributed by atoms with E-state index < -0.39 is 5.25 Å². The van der Waals surface area contributed by atoms with Gasteiger partial charge < -0.3 is 10.2 Å². The summed E-state index contributed by atoms with van der Waals surface area (Å²) in [5, 5.41) is 2.50. The van der Waals surface area contributed by atoms with E-state index in [4.69, 9.17) is 0 Å². The predicted molar refractivity (Wildman–Crippen MR) is 102 cm³/mol. The lowest BCUT2D eigenvalue weighted by atomic mass is 10.1. The normalized spacial score (nSPS) is 17.4. The maximum Gasteiger partial charge on any atom is 0.238 e. The molecular formula is C20H22N2O2S. The van der Waals surface area contributed by atoms with Crippen molar-refractivity contribution in [3.63, 3.8) is 0 Å². The number of hydrogen-bond donors (Lipinski definition) is 1. The fraction of sp³-hybridized carbons (Fsp3) is 0.300. The van der Waals surface area contributed by atoms with Crippen LogP contribution in [0.15, 0.2) is 53.4 Å². The second-order valence-electron chi connectivity index (χ2n) is 6.39. The predicted octanol–water partition coefficient (Wildman–Crippen LogP) is 4.02. The van der Waals surface area contributed by atoms with E-state index in [-0.39, 0.29) is 24.3 Å². The molecule has 1 aliphatic rings. The molecule has 0 fully saturated rings. The number of rotatable bonds is 4. The van der Waals surface area contributed by atoms with Gasteiger partial charge in [0, 0.05) is 18.4 Å². The van der Waals surface area contributed by atoms with Crippen LogP contribution in [-0.4, -0.2) is 29.0 Å². The second-order valence-corrected chi connectivity index (χ2v) is 7.63. The Balaban J connectivity index is 1.67. The van der Waals surface area contributed by atoms with E-state index in [0.717, 1.165) is 16.1 Å². The van der Waals surface area contributed by atoms with Crippen LogP contribution in [0.25, 0.3) is 0 Å². The van der Waals surface area contributed by atoms with Crippen LogP contribution in [0, 0.1) is 6.92 Å². The number of para-hydroxylation sites is 1. The maximum atomic E-state index is 12.7. The summed E-state index contributed by atoms with van der Waals surface area (Å²) in [5.41, 5.74) is 3.11. The molecule has 1 aliphatic heterocycles. The van der Waals surface area contributed by atoms with Gasteiger partial charge in [-0.3, -0.25) is 9.59 Å². The van der Waals surface area contributed by atoms with E-state index in [1.54, 1.807) is 11.9 Å². The summed E-state index contributed by atoms with van der Waals surface area (Å²) < 4.78 is 0. The zero-order chi connectivity index (χ0) is 18.0. The lowest BCUT2D eigenvalue weighted by Crippen LogP contribution is -2.36. The Morgan fingerprint density at radius 1 is 1.20 bits per heavy atom. The molecule has 0 bridgehead atoms. The molecule has 2 atom stereocenters. The van der Waals surface area contributed by atoms with Crippen molar-refractivity contribution in [2.75, 3.05) is 12.4 Å². The van der Waals surface area contributed by atoms with Gasteiger partial charge in [0.1, 0.15) is 0 Å². The van der Waals surface area contributed by atoms with Crippen molar-refractivity contribution < 1.29 is 9.59 Å². The highest BCUT2D eigenvalue weighted by Gasteiger charge is 2.30. The molecule has 0 saturated heterocycles. The number of nitrogens with one attached hydrogen (secondary N) is 1. The van der Waals surface area contributed by atoms with E-state index >= 15 is 0 Å². The van der Waals surface area contributed by atoms with Crippen molar-refractivity contribution in [2.24, 2.45) is 0 Å². The molecular weight excluding hydrogens is 332 g/mol. The first kappa shape index (κ1) is 17.5. The van der Waals surface area contributed by atoms with Crippen LogP contribution in [-0.2, 0) is 9.59 Å². The molecule has 0 aromatic heterocycles. The monoisotopic (exact) mass is 354 g/mol. The summed E-state index contributed by atoms with van der Waals surface area (Å²) in [4.78, 5) is 27.7. The number of aryl methyl sites for hydroxylation is 1. The standard InChI is InChI=1S/C20H22N2O2S/c1-13-8-10-15(11-9-13)14(2)22(3)19(23)12-18-20(24)21-16-6-4-5-7-17(16)25-18/h4-11,14,18H,12H2,1-3H3,(H,21,24). The van der Waals surface area contributed by atoms with Gasteiger partial charge in [0.25, 0.3) is 0 Å². The lowest BCUT2D eigenvalue weighted by Gasteiger charge is -2.29. The first-order valence-electron chi connectivity index (χ1n) is 8.34. The first-order valence-corrected chi connectivity index (χ1v) is 9.22. The van der Waals surface area contributed by atoms with Crippen molar-refractivity contribution >= 4 is 29.3 Å². The molecule has 1 heterocycles. The molecule has 4 nitrogen and oxygen atoms in total. The van der Waals surface area contributed by atoms with Gasteiger partial charge >= 0.3 is 0 Å². The van der Waals surface area contributed by atoms with Crippen LogP contribution in [0.3, 0.4) is 0 Å². The van der Waals surface area contributed by atoms with E-state index in [2.05, 4.69) is 5.32 Å². The third-order valence-electron chi connectivity index (χ3n) is 4.60. The molecule has 0 spiro atoms.